The number of hydrogen-bond acceptors (Lipinski definition) is 7. The van der Waals surface area contributed by atoms with Gasteiger partial charge in [-0.15, -0.1) is 0 Å². The van der Waals surface area contributed by atoms with Crippen LogP contribution in [0.4, 0.5) is 0 Å². The molecule has 0 saturated heterocycles. The summed E-state index contributed by atoms with van der Waals surface area (Å²) < 4.78 is 5.82. The fourth-order valence-corrected chi connectivity index (χ4v) is 9.41. The van der Waals surface area contributed by atoms with E-state index in [0.29, 0.717) is 24.8 Å². The van der Waals surface area contributed by atoms with Crippen LogP contribution in [0.25, 0.3) is 0 Å². The number of aliphatic hydroxyl groups is 2. The molecule has 0 spiro atoms. The molecule has 7 N–H and O–H groups in total. The number of aliphatic hydroxyl groups excluding tert-OH is 2. The van der Waals surface area contributed by atoms with Gasteiger partial charge in [-0.1, -0.05) is 32.4 Å². The zero-order valence-corrected chi connectivity index (χ0v) is 23.2. The van der Waals surface area contributed by atoms with Crippen molar-refractivity contribution in [2.45, 2.75) is 110 Å². The Labute approximate surface area is 220 Å². The molecule has 0 amide bonds. The molecule has 0 heterocycles. The van der Waals surface area contributed by atoms with Crippen LogP contribution in [0.15, 0.2) is 22.8 Å². The summed E-state index contributed by atoms with van der Waals surface area (Å²) in [6.45, 7) is 11.8. The SMILES string of the molecule is CC(=O)O[C@H]1C[C@@]2(C)[C@@H](C[C@@H](O)[C@H]3[C@@]4(C)C[C@H](N)[C@@H](O)[C@@H](N)[C@@H]4CC[C@@]32C)/C1=C(\CC=C(C)C)C(=O)O. The van der Waals surface area contributed by atoms with Crippen LogP contribution < -0.4 is 11.5 Å². The molecule has 0 aliphatic heterocycles. The van der Waals surface area contributed by atoms with Crippen LogP contribution in [-0.4, -0.2) is 57.7 Å². The highest BCUT2D eigenvalue weighted by Crippen LogP contribution is 2.73. The number of esters is 1. The fraction of sp³-hybridized carbons (Fsp3) is 0.793. The Kier molecular flexibility index (Phi) is 7.24. The first-order valence-electron chi connectivity index (χ1n) is 13.7. The zero-order valence-electron chi connectivity index (χ0n) is 23.2. The molecule has 4 aliphatic rings. The van der Waals surface area contributed by atoms with E-state index in [2.05, 4.69) is 20.8 Å². The number of nitrogens with two attached hydrogens (primary N) is 2. The number of carboxylic acid groups (broad SMARTS) is 1. The van der Waals surface area contributed by atoms with Gasteiger partial charge in [0.25, 0.3) is 0 Å². The van der Waals surface area contributed by atoms with E-state index >= 15 is 0 Å². The minimum atomic E-state index is -1.01. The van der Waals surface area contributed by atoms with Crippen molar-refractivity contribution in [1.29, 1.82) is 0 Å². The van der Waals surface area contributed by atoms with E-state index in [9.17, 15) is 24.9 Å². The van der Waals surface area contributed by atoms with Crippen LogP contribution in [0.1, 0.15) is 80.1 Å². The maximum Gasteiger partial charge on any atom is 0.331 e. The summed E-state index contributed by atoms with van der Waals surface area (Å²) in [4.78, 5) is 24.7. The minimum absolute atomic E-state index is 0.0307. The van der Waals surface area contributed by atoms with E-state index in [4.69, 9.17) is 16.2 Å². The Morgan fingerprint density at radius 2 is 1.73 bits per heavy atom. The molecule has 208 valence electrons. The molecule has 4 saturated carbocycles. The van der Waals surface area contributed by atoms with Gasteiger partial charge < -0.3 is 31.5 Å². The second-order valence-corrected chi connectivity index (χ2v) is 13.3. The molecular formula is C29H46N2O6. The van der Waals surface area contributed by atoms with Crippen molar-refractivity contribution < 1.29 is 29.6 Å². The maximum absolute atomic E-state index is 12.6. The van der Waals surface area contributed by atoms with Crippen LogP contribution in [0, 0.1) is 34.0 Å². The Balaban J connectivity index is 1.86. The summed E-state index contributed by atoms with van der Waals surface area (Å²) in [6.07, 6.45) is 3.08. The van der Waals surface area contributed by atoms with Gasteiger partial charge in [-0.25, -0.2) is 4.79 Å². The largest absolute Gasteiger partial charge is 0.478 e. The quantitative estimate of drug-likeness (QED) is 0.216. The molecular weight excluding hydrogens is 472 g/mol. The highest BCUT2D eigenvalue weighted by atomic mass is 16.5. The number of rotatable bonds is 4. The first-order chi connectivity index (χ1) is 17.1. The first-order valence-corrected chi connectivity index (χ1v) is 13.7. The summed E-state index contributed by atoms with van der Waals surface area (Å²) >= 11 is 0. The lowest BCUT2D eigenvalue weighted by molar-refractivity contribution is -0.229. The van der Waals surface area contributed by atoms with E-state index in [1.807, 2.05) is 19.9 Å². The van der Waals surface area contributed by atoms with Gasteiger partial charge in [0, 0.05) is 24.6 Å². The number of ether oxygens (including phenoxy) is 1. The monoisotopic (exact) mass is 518 g/mol. The van der Waals surface area contributed by atoms with Gasteiger partial charge in [0.05, 0.1) is 12.2 Å². The lowest BCUT2D eigenvalue weighted by Crippen LogP contribution is -2.70. The number of carbonyl (C=O) groups excluding carboxylic acids is 1. The van der Waals surface area contributed by atoms with Gasteiger partial charge in [0.2, 0.25) is 0 Å². The standard InChI is InChI=1S/C29H46N2O6/c1-14(2)7-8-16(26(35)36)22-18-11-20(33)25-27(4)12-19(30)24(34)23(31)17(27)9-10-28(25,5)29(18,6)13-21(22)37-15(3)32/h7,17-21,23-25,33-34H,8-13,30-31H2,1-6H3,(H,35,36)/b22-16-/t17-,18-,19-,20+,21-,23-,24+,25-,27-,28-,29-/m0/s1. The van der Waals surface area contributed by atoms with Crippen molar-refractivity contribution in [1.82, 2.24) is 0 Å². The summed E-state index contributed by atoms with van der Waals surface area (Å²) in [5, 5.41) is 32.8. The fourth-order valence-electron chi connectivity index (χ4n) is 9.41. The number of allylic oxidation sites excluding steroid dienone is 2. The number of carboxylic acids is 1. The molecule has 8 nitrogen and oxygen atoms in total. The van der Waals surface area contributed by atoms with Gasteiger partial charge in [-0.3, -0.25) is 4.79 Å². The molecule has 37 heavy (non-hydrogen) atoms. The maximum atomic E-state index is 12.6. The van der Waals surface area contributed by atoms with Crippen molar-refractivity contribution in [3.63, 3.8) is 0 Å². The predicted octanol–water partition coefficient (Wildman–Crippen LogP) is 2.90. The smallest absolute Gasteiger partial charge is 0.331 e. The average molecular weight is 519 g/mol. The summed E-state index contributed by atoms with van der Waals surface area (Å²) in [5.41, 5.74) is 13.7. The van der Waals surface area contributed by atoms with Gasteiger partial charge in [-0.2, -0.15) is 0 Å². The van der Waals surface area contributed by atoms with Crippen LogP contribution >= 0.6 is 0 Å². The Morgan fingerprint density at radius 1 is 1.08 bits per heavy atom. The number of fused-ring (bicyclic) bond motifs is 5. The van der Waals surface area contributed by atoms with Crippen molar-refractivity contribution in [2.75, 3.05) is 0 Å². The summed E-state index contributed by atoms with van der Waals surface area (Å²) in [5.74, 6) is -1.78. The summed E-state index contributed by atoms with van der Waals surface area (Å²) in [6, 6.07) is -0.918. The molecule has 8 heteroatoms. The van der Waals surface area contributed by atoms with Crippen LogP contribution in [-0.2, 0) is 14.3 Å². The van der Waals surface area contributed by atoms with Crippen LogP contribution in [0.2, 0.25) is 0 Å². The normalized spacial score (nSPS) is 48.3. The van der Waals surface area contributed by atoms with Gasteiger partial charge in [0.1, 0.15) is 6.10 Å². The topological polar surface area (TPSA) is 156 Å². The van der Waals surface area contributed by atoms with E-state index in [0.717, 1.165) is 18.4 Å². The van der Waals surface area contributed by atoms with Crippen LogP contribution in [0.5, 0.6) is 0 Å². The Bertz CT molecular complexity index is 1020. The van der Waals surface area contributed by atoms with Gasteiger partial charge in [-0.05, 0) is 91.9 Å². The molecule has 0 radical (unpaired) electrons. The summed E-state index contributed by atoms with van der Waals surface area (Å²) in [7, 11) is 0. The average Bonchev–Trinajstić information content (AvgIpc) is 3.03. The molecule has 0 unspecified atom stereocenters. The third kappa shape index (κ3) is 4.19. The van der Waals surface area contributed by atoms with Crippen molar-refractivity contribution >= 4 is 11.9 Å². The molecule has 0 aromatic carbocycles. The highest BCUT2D eigenvalue weighted by molar-refractivity contribution is 5.88. The van der Waals surface area contributed by atoms with Crippen molar-refractivity contribution in [3.8, 4) is 0 Å². The Hall–Kier alpha value is -1.74. The van der Waals surface area contributed by atoms with E-state index in [1.165, 1.54) is 6.92 Å². The minimum Gasteiger partial charge on any atom is -0.478 e. The lowest BCUT2D eigenvalue weighted by Gasteiger charge is -2.69. The zero-order chi connectivity index (χ0) is 27.7. The highest BCUT2D eigenvalue weighted by Gasteiger charge is 2.71. The number of hydrogen-bond donors (Lipinski definition) is 5. The van der Waals surface area contributed by atoms with Gasteiger partial charge >= 0.3 is 11.9 Å². The van der Waals surface area contributed by atoms with E-state index in [1.54, 1.807) is 0 Å². The first kappa shape index (κ1) is 28.3. The number of carbonyl (C=O) groups is 2. The van der Waals surface area contributed by atoms with Crippen molar-refractivity contribution in [2.24, 2.45) is 45.5 Å². The molecule has 11 atom stereocenters. The molecule has 4 fully saturated rings. The van der Waals surface area contributed by atoms with Gasteiger partial charge in [0.15, 0.2) is 0 Å². The molecule has 4 rings (SSSR count). The lowest BCUT2D eigenvalue weighted by atomic mass is 9.36. The third-order valence-corrected chi connectivity index (χ3v) is 11.1. The Morgan fingerprint density at radius 3 is 2.30 bits per heavy atom. The number of aliphatic carboxylic acids is 1. The van der Waals surface area contributed by atoms with E-state index < -0.39 is 47.7 Å². The molecule has 4 aliphatic carbocycles. The van der Waals surface area contributed by atoms with Crippen LogP contribution in [0.3, 0.4) is 0 Å². The second kappa shape index (κ2) is 9.47. The van der Waals surface area contributed by atoms with E-state index in [-0.39, 0.29) is 40.6 Å². The predicted molar refractivity (Wildman–Crippen MR) is 140 cm³/mol. The molecule has 0 aromatic rings. The third-order valence-electron chi connectivity index (χ3n) is 11.1. The van der Waals surface area contributed by atoms with Crippen molar-refractivity contribution in [3.05, 3.63) is 22.8 Å². The molecule has 0 bridgehead atoms. The second-order valence-electron chi connectivity index (χ2n) is 13.3. The molecule has 0 aromatic heterocycles.